The van der Waals surface area contributed by atoms with Gasteiger partial charge in [0.2, 0.25) is 5.91 Å². The van der Waals surface area contributed by atoms with E-state index in [9.17, 15) is 14.4 Å². The maximum absolute atomic E-state index is 11.4. The number of anilines is 1. The summed E-state index contributed by atoms with van der Waals surface area (Å²) >= 11 is 0. The number of rotatable bonds is 6. The first-order valence-corrected chi connectivity index (χ1v) is 5.31. The van der Waals surface area contributed by atoms with Crippen LogP contribution < -0.4 is 5.32 Å². The van der Waals surface area contributed by atoms with Crippen molar-refractivity contribution in [2.45, 2.75) is 19.3 Å². The first kappa shape index (κ1) is 13.8. The third kappa shape index (κ3) is 3.93. The molecule has 7 nitrogen and oxygen atoms in total. The molecule has 1 heterocycles. The molecule has 0 fully saturated rings. The highest BCUT2D eigenvalue weighted by Crippen LogP contribution is 2.13. The summed E-state index contributed by atoms with van der Waals surface area (Å²) in [5, 5.41) is 19.7. The third-order valence-corrected chi connectivity index (χ3v) is 2.30. The summed E-state index contributed by atoms with van der Waals surface area (Å²) < 4.78 is 1.38. The standard InChI is InChI=1S/C11H14N2O5/c1-13-6-7(5-8(13)11(17)18)12-9(14)3-2-4-10(15)16/h5-6H,2-4H2,1H3,(H,12,14)(H,15,16)(H,17,18). The number of aliphatic carboxylic acids is 1. The Balaban J connectivity index is 2.52. The minimum Gasteiger partial charge on any atom is -0.481 e. The predicted octanol–water partition coefficient (Wildman–Crippen LogP) is 0.917. The molecule has 0 saturated carbocycles. The van der Waals surface area contributed by atoms with Crippen LogP contribution >= 0.6 is 0 Å². The summed E-state index contributed by atoms with van der Waals surface area (Å²) in [5.41, 5.74) is 0.450. The van der Waals surface area contributed by atoms with E-state index in [1.54, 1.807) is 7.05 Å². The molecule has 1 rings (SSSR count). The van der Waals surface area contributed by atoms with E-state index in [4.69, 9.17) is 10.2 Å². The number of carboxylic acids is 2. The molecule has 0 radical (unpaired) electrons. The lowest BCUT2D eigenvalue weighted by Gasteiger charge is -2.00. The Morgan fingerprint density at radius 2 is 1.94 bits per heavy atom. The minimum absolute atomic E-state index is 0.0656. The average molecular weight is 254 g/mol. The molecule has 0 aliphatic carbocycles. The lowest BCUT2D eigenvalue weighted by atomic mass is 10.2. The number of carbonyl (C=O) groups excluding carboxylic acids is 1. The van der Waals surface area contributed by atoms with Gasteiger partial charge in [0.25, 0.3) is 0 Å². The molecule has 0 aliphatic rings. The molecular weight excluding hydrogens is 240 g/mol. The Kier molecular flexibility index (Phi) is 4.47. The van der Waals surface area contributed by atoms with Crippen LogP contribution in [0.3, 0.4) is 0 Å². The molecule has 0 spiro atoms. The van der Waals surface area contributed by atoms with Gasteiger partial charge in [0.05, 0.1) is 5.69 Å². The molecular formula is C11H14N2O5. The highest BCUT2D eigenvalue weighted by molar-refractivity contribution is 5.93. The smallest absolute Gasteiger partial charge is 0.352 e. The fourth-order valence-electron chi connectivity index (χ4n) is 1.47. The molecule has 1 amide bonds. The Bertz CT molecular complexity index is 478. The number of nitrogens with zero attached hydrogens (tertiary/aromatic N) is 1. The number of aryl methyl sites for hydroxylation is 1. The zero-order valence-electron chi connectivity index (χ0n) is 9.84. The van der Waals surface area contributed by atoms with Crippen molar-refractivity contribution in [3.05, 3.63) is 18.0 Å². The van der Waals surface area contributed by atoms with E-state index >= 15 is 0 Å². The van der Waals surface area contributed by atoms with Gasteiger partial charge in [0.1, 0.15) is 5.69 Å². The summed E-state index contributed by atoms with van der Waals surface area (Å²) in [4.78, 5) is 32.5. The molecule has 1 aromatic heterocycles. The number of hydrogen-bond donors (Lipinski definition) is 3. The quantitative estimate of drug-likeness (QED) is 0.699. The average Bonchev–Trinajstić information content (AvgIpc) is 2.58. The van der Waals surface area contributed by atoms with Crippen molar-refractivity contribution in [1.29, 1.82) is 0 Å². The number of hydrogen-bond acceptors (Lipinski definition) is 3. The largest absolute Gasteiger partial charge is 0.481 e. The molecule has 0 aliphatic heterocycles. The fourth-order valence-corrected chi connectivity index (χ4v) is 1.47. The van der Waals surface area contributed by atoms with Crippen LogP contribution in [-0.2, 0) is 16.6 Å². The van der Waals surface area contributed by atoms with Crippen LogP contribution in [0.15, 0.2) is 12.3 Å². The minimum atomic E-state index is -1.08. The van der Waals surface area contributed by atoms with E-state index in [0.717, 1.165) is 0 Å². The van der Waals surface area contributed by atoms with E-state index in [-0.39, 0.29) is 30.9 Å². The topological polar surface area (TPSA) is 109 Å². The number of nitrogens with one attached hydrogen (secondary N) is 1. The van der Waals surface area contributed by atoms with Crippen LogP contribution in [0.5, 0.6) is 0 Å². The van der Waals surface area contributed by atoms with Gasteiger partial charge in [-0.1, -0.05) is 0 Å². The van der Waals surface area contributed by atoms with Crippen LogP contribution in [0.2, 0.25) is 0 Å². The van der Waals surface area contributed by atoms with Crippen LogP contribution in [0.25, 0.3) is 0 Å². The van der Waals surface area contributed by atoms with Crippen molar-refractivity contribution >= 4 is 23.5 Å². The van der Waals surface area contributed by atoms with Crippen LogP contribution in [0.4, 0.5) is 5.69 Å². The van der Waals surface area contributed by atoms with Gasteiger partial charge in [-0.05, 0) is 12.5 Å². The van der Waals surface area contributed by atoms with Crippen LogP contribution in [0, 0.1) is 0 Å². The van der Waals surface area contributed by atoms with Crippen LogP contribution in [-0.4, -0.2) is 32.6 Å². The molecule has 0 unspecified atom stereocenters. The van der Waals surface area contributed by atoms with Gasteiger partial charge in [-0.3, -0.25) is 9.59 Å². The second-order valence-electron chi connectivity index (χ2n) is 3.83. The van der Waals surface area contributed by atoms with E-state index in [1.807, 2.05) is 0 Å². The lowest BCUT2D eigenvalue weighted by molar-refractivity contribution is -0.137. The monoisotopic (exact) mass is 254 g/mol. The normalized spacial score (nSPS) is 10.1. The van der Waals surface area contributed by atoms with Crippen LogP contribution in [0.1, 0.15) is 29.8 Å². The van der Waals surface area contributed by atoms with Gasteiger partial charge in [-0.15, -0.1) is 0 Å². The number of aromatic carboxylic acids is 1. The molecule has 0 aromatic carbocycles. The zero-order valence-corrected chi connectivity index (χ0v) is 9.84. The van der Waals surface area contributed by atoms with E-state index < -0.39 is 11.9 Å². The molecule has 0 saturated heterocycles. The number of aromatic nitrogens is 1. The molecule has 18 heavy (non-hydrogen) atoms. The molecule has 98 valence electrons. The maximum atomic E-state index is 11.4. The number of carboxylic acid groups (broad SMARTS) is 2. The second kappa shape index (κ2) is 5.85. The van der Waals surface area contributed by atoms with Gasteiger partial charge in [0, 0.05) is 26.1 Å². The van der Waals surface area contributed by atoms with Crippen molar-refractivity contribution in [3.63, 3.8) is 0 Å². The summed E-state index contributed by atoms with van der Waals surface area (Å²) in [6.07, 6.45) is 1.75. The van der Waals surface area contributed by atoms with Gasteiger partial charge in [-0.2, -0.15) is 0 Å². The Hall–Kier alpha value is -2.31. The molecule has 1 aromatic rings. The Morgan fingerprint density at radius 1 is 1.28 bits per heavy atom. The summed E-state index contributed by atoms with van der Waals surface area (Å²) in [6, 6.07) is 1.34. The van der Waals surface area contributed by atoms with Crippen molar-refractivity contribution in [2.24, 2.45) is 7.05 Å². The summed E-state index contributed by atoms with van der Waals surface area (Å²) in [5.74, 6) is -2.36. The lowest BCUT2D eigenvalue weighted by Crippen LogP contribution is -2.11. The highest BCUT2D eigenvalue weighted by Gasteiger charge is 2.11. The molecule has 7 heteroatoms. The number of carbonyl (C=O) groups is 3. The Labute approximate surface area is 103 Å². The van der Waals surface area contributed by atoms with E-state index in [1.165, 1.54) is 16.8 Å². The third-order valence-electron chi connectivity index (χ3n) is 2.30. The SMILES string of the molecule is Cn1cc(NC(=O)CCCC(=O)O)cc1C(=O)O. The second-order valence-corrected chi connectivity index (χ2v) is 3.83. The van der Waals surface area contributed by atoms with Gasteiger partial charge >= 0.3 is 11.9 Å². The van der Waals surface area contributed by atoms with Crippen molar-refractivity contribution < 1.29 is 24.6 Å². The fraction of sp³-hybridized carbons (Fsp3) is 0.364. The van der Waals surface area contributed by atoms with Gasteiger partial charge in [-0.25, -0.2) is 4.79 Å². The summed E-state index contributed by atoms with van der Waals surface area (Å²) in [6.45, 7) is 0. The van der Waals surface area contributed by atoms with E-state index in [0.29, 0.717) is 5.69 Å². The molecule has 0 bridgehead atoms. The van der Waals surface area contributed by atoms with Crippen molar-refractivity contribution in [3.8, 4) is 0 Å². The molecule has 0 atom stereocenters. The predicted molar refractivity (Wildman–Crippen MR) is 62.5 cm³/mol. The number of amides is 1. The van der Waals surface area contributed by atoms with Crippen molar-refractivity contribution in [1.82, 2.24) is 4.57 Å². The summed E-state index contributed by atoms with van der Waals surface area (Å²) in [7, 11) is 1.56. The highest BCUT2D eigenvalue weighted by atomic mass is 16.4. The molecule has 3 N–H and O–H groups in total. The van der Waals surface area contributed by atoms with Gasteiger partial charge in [0.15, 0.2) is 0 Å². The Morgan fingerprint density at radius 3 is 2.44 bits per heavy atom. The zero-order chi connectivity index (χ0) is 13.7. The van der Waals surface area contributed by atoms with Gasteiger partial charge < -0.3 is 20.1 Å². The maximum Gasteiger partial charge on any atom is 0.352 e. The first-order valence-electron chi connectivity index (χ1n) is 5.31. The van der Waals surface area contributed by atoms with Crippen molar-refractivity contribution in [2.75, 3.05) is 5.32 Å². The van der Waals surface area contributed by atoms with E-state index in [2.05, 4.69) is 5.32 Å². The first-order chi connectivity index (χ1) is 8.40.